The summed E-state index contributed by atoms with van der Waals surface area (Å²) in [5.41, 5.74) is 1.32. The maximum Gasteiger partial charge on any atom is 0.0594 e. The monoisotopic (exact) mass is 311 g/mol. The Morgan fingerprint density at radius 1 is 1.28 bits per heavy atom. The minimum absolute atomic E-state index is 0.380. The molecule has 1 atom stereocenters. The van der Waals surface area contributed by atoms with Crippen LogP contribution in [0.1, 0.15) is 44.2 Å². The highest BCUT2D eigenvalue weighted by Crippen LogP contribution is 2.20. The smallest absolute Gasteiger partial charge is 0.0594 e. The first-order valence-corrected chi connectivity index (χ1v) is 7.65. The summed E-state index contributed by atoms with van der Waals surface area (Å²) in [6.45, 7) is 3.94. The third kappa shape index (κ3) is 4.38. The average molecular weight is 312 g/mol. The molecule has 0 amide bonds. The van der Waals surface area contributed by atoms with Crippen molar-refractivity contribution in [3.63, 3.8) is 0 Å². The van der Waals surface area contributed by atoms with Crippen LogP contribution in [0, 0.1) is 0 Å². The third-order valence-corrected chi connectivity index (χ3v) is 4.11. The van der Waals surface area contributed by atoms with Crippen LogP contribution >= 0.6 is 15.9 Å². The van der Waals surface area contributed by atoms with Gasteiger partial charge >= 0.3 is 0 Å². The van der Waals surface area contributed by atoms with Gasteiger partial charge in [0, 0.05) is 17.1 Å². The van der Waals surface area contributed by atoms with Crippen LogP contribution in [-0.2, 0) is 4.74 Å². The molecule has 0 saturated heterocycles. The summed E-state index contributed by atoms with van der Waals surface area (Å²) >= 11 is 3.46. The van der Waals surface area contributed by atoms with E-state index in [0.29, 0.717) is 12.1 Å². The Morgan fingerprint density at radius 2 is 1.94 bits per heavy atom. The van der Waals surface area contributed by atoms with Gasteiger partial charge in [0.15, 0.2) is 0 Å². The predicted octanol–water partition coefficient (Wildman–Crippen LogP) is 4.06. The van der Waals surface area contributed by atoms with Crippen molar-refractivity contribution in [2.24, 2.45) is 0 Å². The summed E-state index contributed by atoms with van der Waals surface area (Å²) < 4.78 is 6.97. The van der Waals surface area contributed by atoms with E-state index in [9.17, 15) is 0 Å². The molecule has 1 saturated carbocycles. The Bertz CT molecular complexity index is 346. The second kappa shape index (κ2) is 7.27. The molecule has 1 aliphatic rings. The zero-order valence-corrected chi connectivity index (χ0v) is 12.6. The maximum atomic E-state index is 5.84. The summed E-state index contributed by atoms with van der Waals surface area (Å²) in [5.74, 6) is 0. The van der Waals surface area contributed by atoms with E-state index in [1.807, 2.05) is 0 Å². The van der Waals surface area contributed by atoms with E-state index in [0.717, 1.165) is 17.6 Å². The van der Waals surface area contributed by atoms with Crippen LogP contribution in [0.2, 0.25) is 0 Å². The van der Waals surface area contributed by atoms with Gasteiger partial charge in [0.1, 0.15) is 0 Å². The fourth-order valence-corrected chi connectivity index (χ4v) is 2.69. The second-order valence-corrected chi connectivity index (χ2v) is 5.92. The van der Waals surface area contributed by atoms with Gasteiger partial charge in [-0.2, -0.15) is 0 Å². The molecule has 0 aromatic heterocycles. The SMILES string of the molecule is CC(NCCOC1CCCC1)c1ccc(Br)cc1. The van der Waals surface area contributed by atoms with Crippen LogP contribution < -0.4 is 5.32 Å². The molecule has 1 N–H and O–H groups in total. The highest BCUT2D eigenvalue weighted by molar-refractivity contribution is 9.10. The van der Waals surface area contributed by atoms with Crippen molar-refractivity contribution in [1.29, 1.82) is 0 Å². The van der Waals surface area contributed by atoms with E-state index in [2.05, 4.69) is 52.4 Å². The first kappa shape index (κ1) is 14.0. The fraction of sp³-hybridized carbons (Fsp3) is 0.600. The molecule has 1 aliphatic carbocycles. The van der Waals surface area contributed by atoms with Crippen LogP contribution in [0.4, 0.5) is 0 Å². The van der Waals surface area contributed by atoms with Gasteiger partial charge in [-0.05, 0) is 37.5 Å². The fourth-order valence-electron chi connectivity index (χ4n) is 2.43. The molecular formula is C15H22BrNO. The second-order valence-electron chi connectivity index (χ2n) is 5.00. The van der Waals surface area contributed by atoms with E-state index >= 15 is 0 Å². The maximum absolute atomic E-state index is 5.84. The number of ether oxygens (including phenoxy) is 1. The molecule has 0 aliphatic heterocycles. The van der Waals surface area contributed by atoms with Crippen LogP contribution in [-0.4, -0.2) is 19.3 Å². The summed E-state index contributed by atoms with van der Waals surface area (Å²) in [4.78, 5) is 0. The molecule has 1 unspecified atom stereocenters. The van der Waals surface area contributed by atoms with Crippen LogP contribution in [0.5, 0.6) is 0 Å². The number of hydrogen-bond donors (Lipinski definition) is 1. The van der Waals surface area contributed by atoms with E-state index in [4.69, 9.17) is 4.74 Å². The largest absolute Gasteiger partial charge is 0.377 e. The summed E-state index contributed by atoms with van der Waals surface area (Å²) in [7, 11) is 0. The van der Waals surface area contributed by atoms with Crippen LogP contribution in [0.3, 0.4) is 0 Å². The molecular weight excluding hydrogens is 290 g/mol. The van der Waals surface area contributed by atoms with E-state index < -0.39 is 0 Å². The van der Waals surface area contributed by atoms with Gasteiger partial charge in [-0.3, -0.25) is 0 Å². The zero-order chi connectivity index (χ0) is 12.8. The molecule has 2 nitrogen and oxygen atoms in total. The minimum Gasteiger partial charge on any atom is -0.377 e. The van der Waals surface area contributed by atoms with Gasteiger partial charge in [0.05, 0.1) is 12.7 Å². The van der Waals surface area contributed by atoms with Crippen molar-refractivity contribution in [1.82, 2.24) is 5.32 Å². The summed E-state index contributed by atoms with van der Waals surface area (Å²) in [6, 6.07) is 8.86. The number of halogens is 1. The third-order valence-electron chi connectivity index (χ3n) is 3.58. The van der Waals surface area contributed by atoms with Gasteiger partial charge in [-0.25, -0.2) is 0 Å². The van der Waals surface area contributed by atoms with Crippen molar-refractivity contribution in [2.45, 2.75) is 44.8 Å². The quantitative estimate of drug-likeness (QED) is 0.800. The molecule has 18 heavy (non-hydrogen) atoms. The summed E-state index contributed by atoms with van der Waals surface area (Å²) in [6.07, 6.45) is 5.71. The molecule has 3 heteroatoms. The van der Waals surface area contributed by atoms with Gasteiger partial charge in [0.25, 0.3) is 0 Å². The molecule has 1 fully saturated rings. The standard InChI is InChI=1S/C15H22BrNO/c1-12(13-6-8-14(16)9-7-13)17-10-11-18-15-4-2-3-5-15/h6-9,12,15,17H,2-5,10-11H2,1H3. The van der Waals surface area contributed by atoms with Gasteiger partial charge in [-0.1, -0.05) is 40.9 Å². The normalized spacial score (nSPS) is 18.1. The lowest BCUT2D eigenvalue weighted by Gasteiger charge is -2.16. The lowest BCUT2D eigenvalue weighted by molar-refractivity contribution is 0.0593. The number of hydrogen-bond acceptors (Lipinski definition) is 2. The van der Waals surface area contributed by atoms with Gasteiger partial charge in [0.2, 0.25) is 0 Å². The van der Waals surface area contributed by atoms with Gasteiger partial charge < -0.3 is 10.1 Å². The van der Waals surface area contributed by atoms with Crippen LogP contribution in [0.15, 0.2) is 28.7 Å². The van der Waals surface area contributed by atoms with Crippen molar-refractivity contribution in [3.8, 4) is 0 Å². The number of rotatable bonds is 6. The lowest BCUT2D eigenvalue weighted by Crippen LogP contribution is -2.25. The van der Waals surface area contributed by atoms with Crippen molar-refractivity contribution < 1.29 is 4.74 Å². The Balaban J connectivity index is 1.64. The Labute approximate surface area is 118 Å². The molecule has 2 rings (SSSR count). The lowest BCUT2D eigenvalue weighted by atomic mass is 10.1. The molecule has 1 aromatic carbocycles. The molecule has 0 heterocycles. The topological polar surface area (TPSA) is 21.3 Å². The average Bonchev–Trinajstić information content (AvgIpc) is 2.88. The highest BCUT2D eigenvalue weighted by atomic mass is 79.9. The Morgan fingerprint density at radius 3 is 2.61 bits per heavy atom. The molecule has 0 bridgehead atoms. The highest BCUT2D eigenvalue weighted by Gasteiger charge is 2.14. The Hall–Kier alpha value is -0.380. The van der Waals surface area contributed by atoms with Crippen molar-refractivity contribution in [3.05, 3.63) is 34.3 Å². The van der Waals surface area contributed by atoms with Gasteiger partial charge in [-0.15, -0.1) is 0 Å². The predicted molar refractivity (Wildman–Crippen MR) is 78.8 cm³/mol. The number of nitrogens with one attached hydrogen (secondary N) is 1. The molecule has 0 spiro atoms. The van der Waals surface area contributed by atoms with E-state index in [1.165, 1.54) is 31.2 Å². The Kier molecular flexibility index (Phi) is 5.67. The number of benzene rings is 1. The molecule has 1 aromatic rings. The first-order chi connectivity index (χ1) is 8.75. The van der Waals surface area contributed by atoms with Crippen LogP contribution in [0.25, 0.3) is 0 Å². The molecule has 100 valence electrons. The van der Waals surface area contributed by atoms with E-state index in [-0.39, 0.29) is 0 Å². The van der Waals surface area contributed by atoms with Crippen molar-refractivity contribution >= 4 is 15.9 Å². The zero-order valence-electron chi connectivity index (χ0n) is 11.0. The first-order valence-electron chi connectivity index (χ1n) is 6.86. The summed E-state index contributed by atoms with van der Waals surface area (Å²) in [5, 5.41) is 3.50. The minimum atomic E-state index is 0.380. The molecule has 0 radical (unpaired) electrons. The van der Waals surface area contributed by atoms with E-state index in [1.54, 1.807) is 0 Å². The van der Waals surface area contributed by atoms with Crippen molar-refractivity contribution in [2.75, 3.05) is 13.2 Å².